The normalized spacial score (nSPS) is 19.7. The number of nitrogens with zero attached hydrogens (tertiary/aromatic N) is 1. The number of hydrogen-bond acceptors (Lipinski definition) is 4. The predicted octanol–water partition coefficient (Wildman–Crippen LogP) is 7.61. The maximum atomic E-state index is 3.97. The summed E-state index contributed by atoms with van der Waals surface area (Å²) in [6, 6.07) is 26.2. The second-order valence-corrected chi connectivity index (χ2v) is 11.3. The number of halogens is 1. The Hall–Kier alpha value is -4.22. The SMILES string of the molecule is Brc1cc(C2=CNCC=C2)cc(C2NC3=C(NCC=C3c3ccccc3-c3ccccc3)N2C2=CCCC=C2)c1. The molecular weight excluding hydrogens is 556 g/mol. The summed E-state index contributed by atoms with van der Waals surface area (Å²) in [5, 5.41) is 11.0. The molecular formula is C35H31BrN4. The molecule has 4 aliphatic rings. The Bertz CT molecular complexity index is 1640. The Labute approximate surface area is 244 Å². The van der Waals surface area contributed by atoms with Crippen LogP contribution < -0.4 is 16.0 Å². The molecule has 0 fully saturated rings. The monoisotopic (exact) mass is 586 g/mol. The lowest BCUT2D eigenvalue weighted by Gasteiger charge is -2.32. The first-order chi connectivity index (χ1) is 19.8. The van der Waals surface area contributed by atoms with Gasteiger partial charge in [-0.1, -0.05) is 101 Å². The minimum Gasteiger partial charge on any atom is -0.387 e. The molecule has 3 aromatic rings. The third-order valence-electron chi connectivity index (χ3n) is 7.78. The summed E-state index contributed by atoms with van der Waals surface area (Å²) in [5.74, 6) is 1.13. The van der Waals surface area contributed by atoms with Crippen molar-refractivity contribution in [1.82, 2.24) is 20.9 Å². The molecule has 1 unspecified atom stereocenters. The topological polar surface area (TPSA) is 39.3 Å². The molecule has 3 N–H and O–H groups in total. The third-order valence-corrected chi connectivity index (χ3v) is 8.24. The fourth-order valence-electron chi connectivity index (χ4n) is 5.96. The summed E-state index contributed by atoms with van der Waals surface area (Å²) < 4.78 is 1.07. The van der Waals surface area contributed by atoms with E-state index in [-0.39, 0.29) is 6.17 Å². The Kier molecular flexibility index (Phi) is 6.66. The molecule has 0 radical (unpaired) electrons. The molecule has 198 valence electrons. The highest BCUT2D eigenvalue weighted by atomic mass is 79.9. The second kappa shape index (κ2) is 10.7. The first kappa shape index (κ1) is 24.8. The van der Waals surface area contributed by atoms with Gasteiger partial charge in [0.25, 0.3) is 0 Å². The van der Waals surface area contributed by atoms with E-state index >= 15 is 0 Å². The van der Waals surface area contributed by atoms with Crippen LogP contribution in [-0.2, 0) is 0 Å². The van der Waals surface area contributed by atoms with Gasteiger partial charge >= 0.3 is 0 Å². The van der Waals surface area contributed by atoms with Crippen LogP contribution in [0.25, 0.3) is 22.3 Å². The van der Waals surface area contributed by atoms with Crippen LogP contribution in [0.15, 0.2) is 137 Å². The van der Waals surface area contributed by atoms with E-state index in [0.717, 1.165) is 41.9 Å². The van der Waals surface area contributed by atoms with Crippen LogP contribution in [0.3, 0.4) is 0 Å². The van der Waals surface area contributed by atoms with Gasteiger partial charge in [-0.05, 0) is 70.5 Å². The molecule has 0 amide bonds. The van der Waals surface area contributed by atoms with Gasteiger partial charge in [0.15, 0.2) is 0 Å². The Morgan fingerprint density at radius 3 is 2.42 bits per heavy atom. The van der Waals surface area contributed by atoms with Crippen LogP contribution in [0.2, 0.25) is 0 Å². The molecule has 0 saturated heterocycles. The summed E-state index contributed by atoms with van der Waals surface area (Å²) in [7, 11) is 0. The lowest BCUT2D eigenvalue weighted by Crippen LogP contribution is -2.33. The number of hydrogen-bond donors (Lipinski definition) is 3. The van der Waals surface area contributed by atoms with Crippen LogP contribution in [-0.4, -0.2) is 18.0 Å². The lowest BCUT2D eigenvalue weighted by atomic mass is 9.91. The molecule has 3 heterocycles. The highest BCUT2D eigenvalue weighted by Gasteiger charge is 2.38. The highest BCUT2D eigenvalue weighted by molar-refractivity contribution is 9.10. The molecule has 7 rings (SSSR count). The summed E-state index contributed by atoms with van der Waals surface area (Å²) in [6.07, 6.45) is 17.7. The molecule has 0 spiro atoms. The van der Waals surface area contributed by atoms with Crippen molar-refractivity contribution in [2.45, 2.75) is 19.0 Å². The quantitative estimate of drug-likeness (QED) is 0.288. The molecule has 40 heavy (non-hydrogen) atoms. The van der Waals surface area contributed by atoms with Gasteiger partial charge in [0.1, 0.15) is 12.0 Å². The van der Waals surface area contributed by atoms with Crippen LogP contribution in [0.4, 0.5) is 0 Å². The maximum absolute atomic E-state index is 3.97. The molecule has 4 nitrogen and oxygen atoms in total. The van der Waals surface area contributed by atoms with Crippen molar-refractivity contribution in [1.29, 1.82) is 0 Å². The minimum atomic E-state index is -0.0609. The van der Waals surface area contributed by atoms with E-state index in [9.17, 15) is 0 Å². The largest absolute Gasteiger partial charge is 0.387 e. The van der Waals surface area contributed by atoms with Gasteiger partial charge in [-0.25, -0.2) is 0 Å². The standard InChI is InChI=1S/C35H31BrN4/c36-28-21-26(25-12-9-18-37-23-25)20-27(22-28)34-39-33-32(17-19-38-35(33)40(34)29-13-5-2-6-14-29)31-16-8-7-15-30(31)24-10-3-1-4-11-24/h1,3-5,7-17,20-23,34,37-39H,2,6,18-19H2. The van der Waals surface area contributed by atoms with Crippen molar-refractivity contribution in [3.05, 3.63) is 154 Å². The van der Waals surface area contributed by atoms with Crippen LogP contribution >= 0.6 is 15.9 Å². The number of dihydropyridines is 2. The fraction of sp³-hybridized carbons (Fsp3) is 0.143. The van der Waals surface area contributed by atoms with E-state index in [1.165, 1.54) is 44.7 Å². The first-order valence-corrected chi connectivity index (χ1v) is 14.7. The summed E-state index contributed by atoms with van der Waals surface area (Å²) in [4.78, 5) is 2.44. The van der Waals surface area contributed by atoms with Crippen molar-refractivity contribution in [2.24, 2.45) is 0 Å². The highest BCUT2D eigenvalue weighted by Crippen LogP contribution is 2.43. The van der Waals surface area contributed by atoms with E-state index < -0.39 is 0 Å². The second-order valence-electron chi connectivity index (χ2n) is 10.3. The molecule has 0 aromatic heterocycles. The summed E-state index contributed by atoms with van der Waals surface area (Å²) in [5.41, 5.74) is 10.9. The average Bonchev–Trinajstić information content (AvgIpc) is 3.42. The summed E-state index contributed by atoms with van der Waals surface area (Å²) in [6.45, 7) is 1.64. The van der Waals surface area contributed by atoms with Crippen molar-refractivity contribution >= 4 is 27.1 Å². The van der Waals surface area contributed by atoms with Gasteiger partial charge in [-0.3, -0.25) is 0 Å². The lowest BCUT2D eigenvalue weighted by molar-refractivity contribution is 0.318. The van der Waals surface area contributed by atoms with Crippen LogP contribution in [0.5, 0.6) is 0 Å². The zero-order chi connectivity index (χ0) is 26.9. The van der Waals surface area contributed by atoms with E-state index in [4.69, 9.17) is 0 Å². The zero-order valence-electron chi connectivity index (χ0n) is 22.2. The molecule has 3 aromatic carbocycles. The summed E-state index contributed by atoms with van der Waals surface area (Å²) >= 11 is 3.82. The minimum absolute atomic E-state index is 0.0609. The van der Waals surface area contributed by atoms with Crippen molar-refractivity contribution in [3.8, 4) is 11.1 Å². The first-order valence-electron chi connectivity index (χ1n) is 13.9. The predicted molar refractivity (Wildman–Crippen MR) is 168 cm³/mol. The van der Waals surface area contributed by atoms with Crippen LogP contribution in [0.1, 0.15) is 35.7 Å². The Morgan fingerprint density at radius 1 is 0.775 bits per heavy atom. The molecule has 1 atom stereocenters. The Balaban J connectivity index is 1.34. The van der Waals surface area contributed by atoms with E-state index in [2.05, 4.69) is 152 Å². The van der Waals surface area contributed by atoms with Gasteiger partial charge in [-0.15, -0.1) is 0 Å². The number of rotatable bonds is 5. The van der Waals surface area contributed by atoms with Gasteiger partial charge in [0.2, 0.25) is 0 Å². The molecule has 5 heteroatoms. The number of allylic oxidation sites excluding steroid dienone is 6. The number of nitrogens with one attached hydrogen (secondary N) is 3. The zero-order valence-corrected chi connectivity index (χ0v) is 23.8. The Morgan fingerprint density at radius 2 is 1.62 bits per heavy atom. The average molecular weight is 588 g/mol. The van der Waals surface area contributed by atoms with Gasteiger partial charge in [0.05, 0.1) is 5.70 Å². The van der Waals surface area contributed by atoms with Crippen molar-refractivity contribution in [3.63, 3.8) is 0 Å². The van der Waals surface area contributed by atoms with E-state index in [0.29, 0.717) is 0 Å². The molecule has 3 aliphatic heterocycles. The van der Waals surface area contributed by atoms with E-state index in [1.807, 2.05) is 0 Å². The molecule has 0 saturated carbocycles. The third kappa shape index (κ3) is 4.61. The molecule has 0 bridgehead atoms. The maximum Gasteiger partial charge on any atom is 0.133 e. The molecule has 1 aliphatic carbocycles. The van der Waals surface area contributed by atoms with Gasteiger partial charge < -0.3 is 20.9 Å². The van der Waals surface area contributed by atoms with Crippen molar-refractivity contribution in [2.75, 3.05) is 13.1 Å². The van der Waals surface area contributed by atoms with E-state index in [1.54, 1.807) is 0 Å². The van der Waals surface area contributed by atoms with Gasteiger partial charge in [0, 0.05) is 35.0 Å². The number of benzene rings is 3. The van der Waals surface area contributed by atoms with Crippen LogP contribution in [0, 0.1) is 0 Å². The van der Waals surface area contributed by atoms with Crippen molar-refractivity contribution < 1.29 is 0 Å². The smallest absolute Gasteiger partial charge is 0.133 e. The fourth-order valence-corrected chi connectivity index (χ4v) is 6.47. The van der Waals surface area contributed by atoms with Gasteiger partial charge in [-0.2, -0.15) is 0 Å².